The molecule has 0 fully saturated rings. The number of benzene rings is 1. The molecule has 1 amide bonds. The summed E-state index contributed by atoms with van der Waals surface area (Å²) in [5.41, 5.74) is 0.592. The van der Waals surface area contributed by atoms with E-state index < -0.39 is 10.8 Å². The summed E-state index contributed by atoms with van der Waals surface area (Å²) in [6.45, 7) is 0.0432. The Morgan fingerprint density at radius 2 is 2.29 bits per heavy atom. The van der Waals surface area contributed by atoms with E-state index in [1.165, 1.54) is 0 Å². The summed E-state index contributed by atoms with van der Waals surface area (Å²) in [7, 11) is -1.05. The second-order valence-corrected chi connectivity index (χ2v) is 4.33. The number of fused-ring (bicyclic) bond motifs is 1. The van der Waals surface area contributed by atoms with Crippen LogP contribution in [0, 0.1) is 0 Å². The molecule has 1 heterocycles. The number of anilines is 1. The third-order valence-electron chi connectivity index (χ3n) is 1.92. The fraction of sp³-hybridized carbons (Fsp3) is 0.222. The minimum absolute atomic E-state index is 0.0432. The predicted molar refractivity (Wildman–Crippen MR) is 52.9 cm³/mol. The molecule has 1 atom stereocenters. The average molecular weight is 211 g/mol. The van der Waals surface area contributed by atoms with Gasteiger partial charge in [0.1, 0.15) is 5.75 Å². The molecule has 0 spiro atoms. The molecule has 14 heavy (non-hydrogen) atoms. The molecule has 2 rings (SSSR count). The molecule has 0 saturated carbocycles. The van der Waals surface area contributed by atoms with Gasteiger partial charge in [-0.2, -0.15) is 0 Å². The molecule has 1 aromatic rings. The number of carbonyl (C=O) groups is 1. The van der Waals surface area contributed by atoms with Crippen molar-refractivity contribution >= 4 is 22.4 Å². The van der Waals surface area contributed by atoms with Gasteiger partial charge >= 0.3 is 0 Å². The second-order valence-electron chi connectivity index (χ2n) is 2.95. The molecular weight excluding hydrogens is 202 g/mol. The maximum Gasteiger partial charge on any atom is 0.262 e. The normalized spacial score (nSPS) is 16.5. The zero-order chi connectivity index (χ0) is 10.1. The van der Waals surface area contributed by atoms with Gasteiger partial charge in [0.25, 0.3) is 5.91 Å². The summed E-state index contributed by atoms with van der Waals surface area (Å²) in [5.74, 6) is 0.440. The van der Waals surface area contributed by atoms with Crippen LogP contribution in [0.3, 0.4) is 0 Å². The molecule has 0 radical (unpaired) electrons. The van der Waals surface area contributed by atoms with Crippen LogP contribution in [0.2, 0.25) is 0 Å². The van der Waals surface area contributed by atoms with Crippen LogP contribution >= 0.6 is 0 Å². The molecule has 0 aromatic heterocycles. The van der Waals surface area contributed by atoms with Gasteiger partial charge in [-0.05, 0) is 18.2 Å². The van der Waals surface area contributed by atoms with E-state index >= 15 is 0 Å². The standard InChI is InChI=1S/C9H9NO3S/c1-14(12)6-2-3-8-7(4-6)10-9(11)5-13-8/h2-4H,5H2,1H3,(H,10,11)/t14-/m1/s1. The Kier molecular flexibility index (Phi) is 2.25. The second kappa shape index (κ2) is 3.42. The van der Waals surface area contributed by atoms with E-state index in [2.05, 4.69) is 5.32 Å². The minimum atomic E-state index is -1.05. The molecule has 0 aliphatic carbocycles. The van der Waals surface area contributed by atoms with Crippen molar-refractivity contribution in [2.45, 2.75) is 4.90 Å². The maximum absolute atomic E-state index is 11.2. The van der Waals surface area contributed by atoms with Crippen molar-refractivity contribution in [1.29, 1.82) is 0 Å². The van der Waals surface area contributed by atoms with Crippen LogP contribution in [-0.2, 0) is 15.6 Å². The number of rotatable bonds is 1. The van der Waals surface area contributed by atoms with E-state index in [-0.39, 0.29) is 12.5 Å². The highest BCUT2D eigenvalue weighted by Gasteiger charge is 2.16. The largest absolute Gasteiger partial charge is 0.482 e. The predicted octanol–water partition coefficient (Wildman–Crippen LogP) is 0.755. The van der Waals surface area contributed by atoms with Gasteiger partial charge in [0.2, 0.25) is 0 Å². The molecule has 0 saturated heterocycles. The lowest BCUT2D eigenvalue weighted by Gasteiger charge is -2.17. The van der Waals surface area contributed by atoms with Crippen molar-refractivity contribution in [3.63, 3.8) is 0 Å². The monoisotopic (exact) mass is 211 g/mol. The number of carbonyl (C=O) groups excluding carboxylic acids is 1. The third kappa shape index (κ3) is 1.63. The smallest absolute Gasteiger partial charge is 0.262 e. The lowest BCUT2D eigenvalue weighted by Crippen LogP contribution is -2.25. The van der Waals surface area contributed by atoms with Gasteiger partial charge in [-0.15, -0.1) is 0 Å². The van der Waals surface area contributed by atoms with Crippen LogP contribution in [0.15, 0.2) is 23.1 Å². The Labute approximate surface area is 83.7 Å². The van der Waals surface area contributed by atoms with Crippen LogP contribution in [0.25, 0.3) is 0 Å². The first-order valence-corrected chi connectivity index (χ1v) is 5.63. The van der Waals surface area contributed by atoms with E-state index in [4.69, 9.17) is 4.74 Å². The number of hydrogen-bond acceptors (Lipinski definition) is 3. The fourth-order valence-electron chi connectivity index (χ4n) is 1.24. The van der Waals surface area contributed by atoms with Gasteiger partial charge in [-0.3, -0.25) is 9.00 Å². The molecule has 74 valence electrons. The first-order valence-electron chi connectivity index (χ1n) is 4.07. The summed E-state index contributed by atoms with van der Waals surface area (Å²) in [5, 5.41) is 2.66. The van der Waals surface area contributed by atoms with Crippen molar-refractivity contribution in [1.82, 2.24) is 0 Å². The summed E-state index contributed by atoms with van der Waals surface area (Å²) in [6.07, 6.45) is 1.59. The van der Waals surface area contributed by atoms with Crippen LogP contribution in [0.5, 0.6) is 5.75 Å². The van der Waals surface area contributed by atoms with Gasteiger partial charge < -0.3 is 10.1 Å². The summed E-state index contributed by atoms with van der Waals surface area (Å²) in [6, 6.07) is 5.11. The van der Waals surface area contributed by atoms with Crippen molar-refractivity contribution in [2.75, 3.05) is 18.2 Å². The minimum Gasteiger partial charge on any atom is -0.482 e. The van der Waals surface area contributed by atoms with Gasteiger partial charge in [0, 0.05) is 22.0 Å². The molecule has 1 aromatic carbocycles. The quantitative estimate of drug-likeness (QED) is 0.746. The first-order chi connectivity index (χ1) is 6.66. The number of amides is 1. The van der Waals surface area contributed by atoms with E-state index in [0.29, 0.717) is 16.3 Å². The van der Waals surface area contributed by atoms with Crippen molar-refractivity contribution < 1.29 is 13.7 Å². The Morgan fingerprint density at radius 3 is 3.00 bits per heavy atom. The molecule has 5 heteroatoms. The topological polar surface area (TPSA) is 55.4 Å². The Morgan fingerprint density at radius 1 is 1.50 bits per heavy atom. The van der Waals surface area contributed by atoms with Crippen LogP contribution in [0.1, 0.15) is 0 Å². The maximum atomic E-state index is 11.2. The van der Waals surface area contributed by atoms with Crippen molar-refractivity contribution in [3.05, 3.63) is 18.2 Å². The Balaban J connectivity index is 2.42. The number of hydrogen-bond donors (Lipinski definition) is 1. The lowest BCUT2D eigenvalue weighted by atomic mass is 10.2. The van der Waals surface area contributed by atoms with Gasteiger partial charge in [0.05, 0.1) is 5.69 Å². The van der Waals surface area contributed by atoms with Gasteiger partial charge in [-0.25, -0.2) is 0 Å². The molecule has 4 nitrogen and oxygen atoms in total. The molecule has 1 aliphatic rings. The van der Waals surface area contributed by atoms with Crippen LogP contribution < -0.4 is 10.1 Å². The van der Waals surface area contributed by atoms with E-state index in [9.17, 15) is 9.00 Å². The van der Waals surface area contributed by atoms with E-state index in [0.717, 1.165) is 0 Å². The number of ether oxygens (including phenoxy) is 1. The molecule has 1 aliphatic heterocycles. The fourth-order valence-corrected chi connectivity index (χ4v) is 1.78. The highest BCUT2D eigenvalue weighted by Crippen LogP contribution is 2.29. The first kappa shape index (κ1) is 9.21. The zero-order valence-electron chi connectivity index (χ0n) is 7.57. The van der Waals surface area contributed by atoms with E-state index in [1.54, 1.807) is 24.5 Å². The highest BCUT2D eigenvalue weighted by atomic mass is 32.2. The highest BCUT2D eigenvalue weighted by molar-refractivity contribution is 7.84. The average Bonchev–Trinajstić information content (AvgIpc) is 2.16. The van der Waals surface area contributed by atoms with Crippen LogP contribution in [-0.4, -0.2) is 23.0 Å². The van der Waals surface area contributed by atoms with Gasteiger partial charge in [-0.1, -0.05) is 0 Å². The number of nitrogens with one attached hydrogen (secondary N) is 1. The van der Waals surface area contributed by atoms with Crippen molar-refractivity contribution in [3.8, 4) is 5.75 Å². The lowest BCUT2D eigenvalue weighted by molar-refractivity contribution is -0.118. The summed E-state index contributed by atoms with van der Waals surface area (Å²) >= 11 is 0. The molecular formula is C9H9NO3S. The third-order valence-corrected chi connectivity index (χ3v) is 2.83. The Hall–Kier alpha value is -1.36. The van der Waals surface area contributed by atoms with Gasteiger partial charge in [0.15, 0.2) is 6.61 Å². The molecule has 0 bridgehead atoms. The summed E-state index contributed by atoms with van der Waals surface area (Å²) in [4.78, 5) is 11.7. The Bertz CT molecular complexity index is 417. The van der Waals surface area contributed by atoms with Crippen LogP contribution in [0.4, 0.5) is 5.69 Å². The van der Waals surface area contributed by atoms with E-state index in [1.807, 2.05) is 0 Å². The molecule has 0 unspecified atom stereocenters. The molecule has 1 N–H and O–H groups in total. The zero-order valence-corrected chi connectivity index (χ0v) is 8.39. The van der Waals surface area contributed by atoms with Crippen molar-refractivity contribution in [2.24, 2.45) is 0 Å². The SMILES string of the molecule is C[S@@](=O)c1ccc2c(c1)NC(=O)CO2. The summed E-state index contributed by atoms with van der Waals surface area (Å²) < 4.78 is 16.3.